The first-order valence-electron chi connectivity index (χ1n) is 9.61. The maximum atomic E-state index is 13.2. The van der Waals surface area contributed by atoms with Crippen LogP contribution in [0, 0.1) is 0 Å². The number of H-pyrrole nitrogens is 2. The van der Waals surface area contributed by atoms with Crippen molar-refractivity contribution in [1.29, 1.82) is 0 Å². The summed E-state index contributed by atoms with van der Waals surface area (Å²) in [6, 6.07) is 14.0. The van der Waals surface area contributed by atoms with Gasteiger partial charge in [-0.25, -0.2) is 9.97 Å². The Kier molecular flexibility index (Phi) is 3.52. The van der Waals surface area contributed by atoms with Gasteiger partial charge < -0.3 is 19.8 Å². The van der Waals surface area contributed by atoms with Crippen molar-refractivity contribution in [3.05, 3.63) is 98.3 Å². The van der Waals surface area contributed by atoms with E-state index in [-0.39, 0.29) is 22.5 Å². The topological polar surface area (TPSA) is 121 Å². The smallest absolute Gasteiger partial charge is 0.257 e. The van der Waals surface area contributed by atoms with Gasteiger partial charge in [-0.3, -0.25) is 9.59 Å². The zero-order valence-electron chi connectivity index (χ0n) is 15.9. The van der Waals surface area contributed by atoms with Crippen molar-refractivity contribution >= 4 is 22.1 Å². The number of nitrogens with zero attached hydrogens (tertiary/aromatic N) is 2. The van der Waals surface area contributed by atoms with Crippen LogP contribution in [-0.4, -0.2) is 25.0 Å². The average Bonchev–Trinajstić information content (AvgIpc) is 2.78. The summed E-state index contributed by atoms with van der Waals surface area (Å²) in [5.41, 5.74) is 0.589. The summed E-state index contributed by atoms with van der Waals surface area (Å²) in [6.45, 7) is 0. The molecule has 1 aliphatic heterocycles. The van der Waals surface area contributed by atoms with Crippen molar-refractivity contribution in [3.63, 3.8) is 0 Å². The molecule has 0 fully saturated rings. The fraction of sp³-hybridized carbons (Fsp3) is 0.0435. The number of ether oxygens (including phenoxy) is 1. The Balaban J connectivity index is 1.77. The van der Waals surface area contributed by atoms with Gasteiger partial charge in [-0.15, -0.1) is 0 Å². The molecule has 0 saturated carbocycles. The van der Waals surface area contributed by atoms with Crippen molar-refractivity contribution < 1.29 is 9.84 Å². The van der Waals surface area contributed by atoms with Crippen LogP contribution in [0.4, 0.5) is 0 Å². The first-order valence-corrected chi connectivity index (χ1v) is 9.61. The van der Waals surface area contributed by atoms with Crippen molar-refractivity contribution in [3.8, 4) is 17.2 Å². The molecular formula is C23H14N4O4. The molecule has 1 atom stereocenters. The number of hydrogen-bond donors (Lipinski definition) is 3. The molecule has 0 unspecified atom stereocenters. The molecule has 1 aliphatic rings. The Morgan fingerprint density at radius 2 is 1.45 bits per heavy atom. The zero-order chi connectivity index (χ0) is 21.1. The van der Waals surface area contributed by atoms with E-state index in [0.717, 1.165) is 0 Å². The summed E-state index contributed by atoms with van der Waals surface area (Å²) in [5, 5.41) is 12.1. The number of pyridine rings is 4. The Morgan fingerprint density at radius 3 is 2.23 bits per heavy atom. The zero-order valence-corrected chi connectivity index (χ0v) is 15.9. The monoisotopic (exact) mass is 410 g/mol. The number of fused-ring (bicyclic) bond motifs is 5. The largest absolute Gasteiger partial charge is 0.507 e. The standard InChI is InChI=1S/C23H14N4O4/c28-18-12-6-3-9-24-20(12)26-22(29)16(18)15-11-5-1-2-8-14(11)31-19-13-7-4-10-25-21(13)27-23(30)17(15)19/h1-10,15H,(H,25,27,30)(H2,24,26,28,29)/t15-/m1/s1. The van der Waals surface area contributed by atoms with Crippen molar-refractivity contribution in [2.45, 2.75) is 5.92 Å². The SMILES string of the molecule is O=c1[nH]c2ncccc2c(O)c1[C@H]1c2ccccc2Oc2c1c(=O)[nH]c1ncccc21. The summed E-state index contributed by atoms with van der Waals surface area (Å²) in [4.78, 5) is 40.1. The number of para-hydroxylation sites is 1. The van der Waals surface area contributed by atoms with E-state index in [1.807, 2.05) is 6.07 Å². The molecule has 0 radical (unpaired) electrons. The third-order valence-corrected chi connectivity index (χ3v) is 5.59. The van der Waals surface area contributed by atoms with Gasteiger partial charge >= 0.3 is 0 Å². The third-order valence-electron chi connectivity index (χ3n) is 5.59. The molecule has 1 aromatic carbocycles. The summed E-state index contributed by atoms with van der Waals surface area (Å²) >= 11 is 0. The van der Waals surface area contributed by atoms with Crippen molar-refractivity contribution in [2.24, 2.45) is 0 Å². The molecule has 8 heteroatoms. The molecule has 0 bridgehead atoms. The average molecular weight is 410 g/mol. The van der Waals surface area contributed by atoms with E-state index in [9.17, 15) is 14.7 Å². The van der Waals surface area contributed by atoms with Crippen LogP contribution in [0.25, 0.3) is 22.1 Å². The van der Waals surface area contributed by atoms with Crippen LogP contribution in [-0.2, 0) is 0 Å². The summed E-state index contributed by atoms with van der Waals surface area (Å²) in [5.74, 6) is -0.242. The number of rotatable bonds is 1. The predicted molar refractivity (Wildman–Crippen MR) is 114 cm³/mol. The number of aromatic nitrogens is 4. The van der Waals surface area contributed by atoms with E-state index >= 15 is 0 Å². The normalized spacial score (nSPS) is 14.8. The van der Waals surface area contributed by atoms with Crippen LogP contribution < -0.4 is 15.9 Å². The maximum absolute atomic E-state index is 13.2. The molecule has 5 aromatic rings. The van der Waals surface area contributed by atoms with Gasteiger partial charge in [0.05, 0.1) is 27.8 Å². The molecule has 4 aromatic heterocycles. The first kappa shape index (κ1) is 17.4. The van der Waals surface area contributed by atoms with Gasteiger partial charge in [-0.2, -0.15) is 0 Å². The van der Waals surface area contributed by atoms with E-state index in [0.29, 0.717) is 33.5 Å². The van der Waals surface area contributed by atoms with Gasteiger partial charge in [0.25, 0.3) is 11.1 Å². The van der Waals surface area contributed by atoms with Crippen molar-refractivity contribution in [2.75, 3.05) is 0 Å². The molecule has 8 nitrogen and oxygen atoms in total. The molecule has 0 aliphatic carbocycles. The Hall–Kier alpha value is -4.46. The highest BCUT2D eigenvalue weighted by Crippen LogP contribution is 2.49. The van der Waals surface area contributed by atoms with E-state index in [4.69, 9.17) is 4.74 Å². The molecule has 6 rings (SSSR count). The van der Waals surface area contributed by atoms with Gasteiger partial charge in [-0.1, -0.05) is 18.2 Å². The second-order valence-electron chi connectivity index (χ2n) is 7.29. The molecular weight excluding hydrogens is 396 g/mol. The number of aromatic hydroxyl groups is 1. The molecule has 3 N–H and O–H groups in total. The Bertz CT molecular complexity index is 1610. The Morgan fingerprint density at radius 1 is 0.806 bits per heavy atom. The number of nitrogens with one attached hydrogen (secondary N) is 2. The van der Waals surface area contributed by atoms with E-state index in [1.165, 1.54) is 6.20 Å². The Labute approximate surface area is 173 Å². The van der Waals surface area contributed by atoms with Crippen LogP contribution in [0.1, 0.15) is 22.6 Å². The maximum Gasteiger partial charge on any atom is 0.257 e. The van der Waals surface area contributed by atoms with Crippen LogP contribution in [0.2, 0.25) is 0 Å². The number of benzene rings is 1. The van der Waals surface area contributed by atoms with Crippen molar-refractivity contribution in [1.82, 2.24) is 19.9 Å². The van der Waals surface area contributed by atoms with E-state index < -0.39 is 17.0 Å². The second kappa shape index (κ2) is 6.27. The molecule has 5 heterocycles. The van der Waals surface area contributed by atoms with Crippen LogP contribution in [0.15, 0.2) is 70.5 Å². The lowest BCUT2D eigenvalue weighted by Gasteiger charge is -2.28. The lowest BCUT2D eigenvalue weighted by Crippen LogP contribution is -2.27. The fourth-order valence-corrected chi connectivity index (χ4v) is 4.25. The summed E-state index contributed by atoms with van der Waals surface area (Å²) in [6.07, 6.45) is 3.10. The van der Waals surface area contributed by atoms with E-state index in [2.05, 4.69) is 19.9 Å². The third kappa shape index (κ3) is 2.42. The number of aromatic amines is 2. The highest BCUT2D eigenvalue weighted by molar-refractivity contribution is 5.87. The van der Waals surface area contributed by atoms with Gasteiger partial charge in [0, 0.05) is 18.0 Å². The van der Waals surface area contributed by atoms with Gasteiger partial charge in [-0.05, 0) is 30.3 Å². The minimum Gasteiger partial charge on any atom is -0.507 e. The minimum atomic E-state index is -0.846. The van der Waals surface area contributed by atoms with Gasteiger partial charge in [0.15, 0.2) is 0 Å². The second-order valence-corrected chi connectivity index (χ2v) is 7.29. The highest BCUT2D eigenvalue weighted by Gasteiger charge is 2.36. The number of hydrogen-bond acceptors (Lipinski definition) is 6. The van der Waals surface area contributed by atoms with Crippen LogP contribution in [0.3, 0.4) is 0 Å². The molecule has 0 amide bonds. The van der Waals surface area contributed by atoms with E-state index in [1.54, 1.807) is 48.7 Å². The molecule has 0 spiro atoms. The lowest BCUT2D eigenvalue weighted by atomic mass is 9.82. The summed E-state index contributed by atoms with van der Waals surface area (Å²) in [7, 11) is 0. The van der Waals surface area contributed by atoms with Crippen LogP contribution in [0.5, 0.6) is 17.2 Å². The van der Waals surface area contributed by atoms with Crippen LogP contribution >= 0.6 is 0 Å². The molecule has 150 valence electrons. The molecule has 0 saturated heterocycles. The predicted octanol–water partition coefficient (Wildman–Crippen LogP) is 3.15. The summed E-state index contributed by atoms with van der Waals surface area (Å²) < 4.78 is 6.12. The minimum absolute atomic E-state index is 0.0613. The van der Waals surface area contributed by atoms with Gasteiger partial charge in [0.1, 0.15) is 28.5 Å². The molecule has 31 heavy (non-hydrogen) atoms. The van der Waals surface area contributed by atoms with Gasteiger partial charge in [0.2, 0.25) is 0 Å². The fourth-order valence-electron chi connectivity index (χ4n) is 4.25. The highest BCUT2D eigenvalue weighted by atomic mass is 16.5. The quantitative estimate of drug-likeness (QED) is 0.383. The lowest BCUT2D eigenvalue weighted by molar-refractivity contribution is 0.446. The first-order chi connectivity index (χ1) is 15.1.